The number of alkyl halides is 1. The van der Waals surface area contributed by atoms with E-state index < -0.39 is 10.0 Å². The van der Waals surface area contributed by atoms with Crippen molar-refractivity contribution in [2.24, 2.45) is 0 Å². The van der Waals surface area contributed by atoms with Crippen molar-refractivity contribution in [1.29, 1.82) is 0 Å². The lowest BCUT2D eigenvalue weighted by atomic mass is 10.2. The fourth-order valence-corrected chi connectivity index (χ4v) is 5.13. The van der Waals surface area contributed by atoms with Gasteiger partial charge in [0, 0.05) is 31.0 Å². The summed E-state index contributed by atoms with van der Waals surface area (Å²) < 4.78 is 35.0. The van der Waals surface area contributed by atoms with Crippen LogP contribution in [0.1, 0.15) is 37.4 Å². The molecule has 2 aliphatic heterocycles. The van der Waals surface area contributed by atoms with E-state index in [2.05, 4.69) is 0 Å². The third-order valence-corrected chi connectivity index (χ3v) is 6.70. The van der Waals surface area contributed by atoms with Gasteiger partial charge in [-0.1, -0.05) is 0 Å². The maximum absolute atomic E-state index is 12.8. The number of morpholine rings is 1. The van der Waals surface area contributed by atoms with Crippen LogP contribution in [0, 0.1) is 0 Å². The first-order valence-corrected chi connectivity index (χ1v) is 9.47. The van der Waals surface area contributed by atoms with Crippen molar-refractivity contribution in [3.63, 3.8) is 0 Å². The molecular formula is C14H19ClN2O3S. The van der Waals surface area contributed by atoms with Gasteiger partial charge in [-0.15, -0.1) is 11.6 Å². The molecule has 4 rings (SSSR count). The van der Waals surface area contributed by atoms with E-state index >= 15 is 0 Å². The molecule has 116 valence electrons. The number of sulfonamides is 1. The van der Waals surface area contributed by atoms with Gasteiger partial charge in [0.15, 0.2) is 0 Å². The second-order valence-corrected chi connectivity index (χ2v) is 8.42. The van der Waals surface area contributed by atoms with Crippen molar-refractivity contribution >= 4 is 21.6 Å². The lowest BCUT2D eigenvalue weighted by molar-refractivity contribution is -0.0114. The predicted molar refractivity (Wildman–Crippen MR) is 78.9 cm³/mol. The Hall–Kier alpha value is -0.560. The second kappa shape index (κ2) is 4.98. The van der Waals surface area contributed by atoms with Gasteiger partial charge in [-0.2, -0.15) is 4.31 Å². The molecule has 7 heteroatoms. The number of ether oxygens (including phenoxy) is 1. The molecule has 2 bridgehead atoms. The average Bonchev–Trinajstić information content (AvgIpc) is 3.14. The van der Waals surface area contributed by atoms with Crippen LogP contribution >= 0.6 is 11.6 Å². The quantitative estimate of drug-likeness (QED) is 0.795. The van der Waals surface area contributed by atoms with Crippen LogP contribution in [0.5, 0.6) is 0 Å². The molecule has 1 aliphatic carbocycles. The molecule has 0 aromatic carbocycles. The van der Waals surface area contributed by atoms with Gasteiger partial charge in [0.2, 0.25) is 10.0 Å². The first-order valence-electron chi connectivity index (χ1n) is 7.50. The Morgan fingerprint density at radius 3 is 2.43 bits per heavy atom. The summed E-state index contributed by atoms with van der Waals surface area (Å²) in [6, 6.07) is 2.17. The van der Waals surface area contributed by atoms with Crippen molar-refractivity contribution < 1.29 is 13.2 Å². The maximum Gasteiger partial charge on any atom is 0.244 e. The van der Waals surface area contributed by atoms with Gasteiger partial charge < -0.3 is 9.30 Å². The Labute approximate surface area is 129 Å². The lowest BCUT2D eigenvalue weighted by Gasteiger charge is -2.30. The fourth-order valence-electron chi connectivity index (χ4n) is 3.36. The van der Waals surface area contributed by atoms with Crippen LogP contribution < -0.4 is 0 Å². The van der Waals surface area contributed by atoms with Crippen LogP contribution in [0.3, 0.4) is 0 Å². The van der Waals surface area contributed by atoms with Crippen LogP contribution in [0.15, 0.2) is 17.2 Å². The molecule has 21 heavy (non-hydrogen) atoms. The van der Waals surface area contributed by atoms with Gasteiger partial charge in [0.05, 0.1) is 18.1 Å². The van der Waals surface area contributed by atoms with Crippen LogP contribution in [-0.4, -0.2) is 42.6 Å². The Kier molecular flexibility index (Phi) is 3.33. The van der Waals surface area contributed by atoms with Gasteiger partial charge in [-0.25, -0.2) is 8.42 Å². The highest BCUT2D eigenvalue weighted by molar-refractivity contribution is 7.89. The Bertz CT molecular complexity index is 641. The van der Waals surface area contributed by atoms with Crippen molar-refractivity contribution in [3.05, 3.63) is 18.0 Å². The summed E-state index contributed by atoms with van der Waals surface area (Å²) in [4.78, 5) is 0.381. The number of nitrogens with zero attached hydrogens (tertiary/aromatic N) is 2. The molecule has 0 amide bonds. The molecule has 2 atom stereocenters. The molecule has 1 saturated carbocycles. The zero-order valence-corrected chi connectivity index (χ0v) is 13.3. The summed E-state index contributed by atoms with van der Waals surface area (Å²) in [6.07, 6.45) is 6.05. The number of halogens is 1. The summed E-state index contributed by atoms with van der Waals surface area (Å²) in [6.45, 7) is 0.952. The molecule has 1 aromatic rings. The minimum absolute atomic E-state index is 0.0662. The van der Waals surface area contributed by atoms with Crippen LogP contribution in [0.2, 0.25) is 0 Å². The van der Waals surface area contributed by atoms with Crippen molar-refractivity contribution in [2.75, 3.05) is 13.1 Å². The normalized spacial score (nSPS) is 30.0. The third-order valence-electron chi connectivity index (χ3n) is 4.63. The van der Waals surface area contributed by atoms with E-state index in [1.165, 1.54) is 0 Å². The first-order chi connectivity index (χ1) is 10.1. The van der Waals surface area contributed by atoms with Crippen molar-refractivity contribution in [3.8, 4) is 0 Å². The number of hydrogen-bond donors (Lipinski definition) is 0. The highest BCUT2D eigenvalue weighted by atomic mass is 35.5. The van der Waals surface area contributed by atoms with E-state index in [4.69, 9.17) is 16.3 Å². The van der Waals surface area contributed by atoms with Gasteiger partial charge in [0.25, 0.3) is 0 Å². The molecule has 0 N–H and O–H groups in total. The van der Waals surface area contributed by atoms with Crippen molar-refractivity contribution in [1.82, 2.24) is 8.87 Å². The molecule has 0 spiro atoms. The third kappa shape index (κ3) is 2.42. The summed E-state index contributed by atoms with van der Waals surface area (Å²) in [7, 11) is -3.43. The molecule has 5 nitrogen and oxygen atoms in total. The first kappa shape index (κ1) is 14.1. The average molecular weight is 331 g/mol. The number of rotatable bonds is 4. The fraction of sp³-hybridized carbons (Fsp3) is 0.714. The monoisotopic (exact) mass is 330 g/mol. The standard InChI is InChI=1S/C14H19ClN2O3S/c15-6-11-5-14(9-17(11)10-1-2-10)21(18,19)16-7-12-3-4-13(8-16)20-12/h5,9-10,12-13H,1-4,6-8H2. The topological polar surface area (TPSA) is 51.5 Å². The molecule has 3 aliphatic rings. The molecule has 0 radical (unpaired) electrons. The smallest absolute Gasteiger partial charge is 0.244 e. The van der Waals surface area contributed by atoms with Gasteiger partial charge in [-0.3, -0.25) is 0 Å². The maximum atomic E-state index is 12.8. The van der Waals surface area contributed by atoms with E-state index in [0.29, 0.717) is 29.9 Å². The molecule has 2 saturated heterocycles. The van der Waals surface area contributed by atoms with E-state index in [0.717, 1.165) is 31.4 Å². The van der Waals surface area contributed by atoms with Gasteiger partial charge in [-0.05, 0) is 31.7 Å². The van der Waals surface area contributed by atoms with Crippen LogP contribution in [-0.2, 0) is 20.6 Å². The molecular weight excluding hydrogens is 312 g/mol. The van der Waals surface area contributed by atoms with E-state index in [-0.39, 0.29) is 12.2 Å². The molecule has 3 heterocycles. The predicted octanol–water partition coefficient (Wildman–Crippen LogP) is 2.11. The summed E-state index contributed by atoms with van der Waals surface area (Å²) in [5.41, 5.74) is 0.897. The van der Waals surface area contributed by atoms with E-state index in [1.807, 2.05) is 4.57 Å². The Balaban J connectivity index is 1.65. The van der Waals surface area contributed by atoms with Gasteiger partial charge in [0.1, 0.15) is 4.90 Å². The summed E-state index contributed by atoms with van der Waals surface area (Å²) in [5.74, 6) is 0.348. The minimum atomic E-state index is -3.43. The number of aromatic nitrogens is 1. The summed E-state index contributed by atoms with van der Waals surface area (Å²) in [5, 5.41) is 0. The molecule has 3 fully saturated rings. The number of hydrogen-bond acceptors (Lipinski definition) is 3. The highest BCUT2D eigenvalue weighted by Crippen LogP contribution is 2.38. The zero-order chi connectivity index (χ0) is 14.6. The van der Waals surface area contributed by atoms with Crippen molar-refractivity contribution in [2.45, 2.75) is 54.7 Å². The Morgan fingerprint density at radius 1 is 1.19 bits per heavy atom. The zero-order valence-electron chi connectivity index (χ0n) is 11.7. The highest BCUT2D eigenvalue weighted by Gasteiger charge is 2.40. The second-order valence-electron chi connectivity index (χ2n) is 6.22. The van der Waals surface area contributed by atoms with E-state index in [1.54, 1.807) is 16.6 Å². The molecule has 2 unspecified atom stereocenters. The lowest BCUT2D eigenvalue weighted by Crippen LogP contribution is -2.45. The minimum Gasteiger partial charge on any atom is -0.372 e. The largest absolute Gasteiger partial charge is 0.372 e. The Morgan fingerprint density at radius 2 is 1.86 bits per heavy atom. The molecule has 1 aromatic heterocycles. The van der Waals surface area contributed by atoms with Crippen LogP contribution in [0.25, 0.3) is 0 Å². The van der Waals surface area contributed by atoms with Crippen LogP contribution in [0.4, 0.5) is 0 Å². The summed E-state index contributed by atoms with van der Waals surface area (Å²) >= 11 is 5.96. The van der Waals surface area contributed by atoms with E-state index in [9.17, 15) is 8.42 Å². The van der Waals surface area contributed by atoms with Gasteiger partial charge >= 0.3 is 0 Å². The number of fused-ring (bicyclic) bond motifs is 2. The SMILES string of the molecule is O=S(=O)(c1cc(CCl)n(C2CC2)c1)N1CC2CCC(C1)O2.